The van der Waals surface area contributed by atoms with Crippen LogP contribution in [0.5, 0.6) is 0 Å². The molecule has 1 heterocycles. The van der Waals surface area contributed by atoms with E-state index in [4.69, 9.17) is 0 Å². The van der Waals surface area contributed by atoms with Gasteiger partial charge in [0.05, 0.1) is 0 Å². The number of hydrazone groups is 1. The van der Waals surface area contributed by atoms with E-state index in [-0.39, 0.29) is 11.4 Å². The number of nitrogens with zero attached hydrogens (tertiary/aromatic N) is 3. The van der Waals surface area contributed by atoms with Crippen molar-refractivity contribution in [2.45, 2.75) is 46.1 Å². The van der Waals surface area contributed by atoms with E-state index in [0.717, 1.165) is 0 Å². The molecule has 8 heteroatoms. The molecule has 1 rings (SSSR count). The van der Waals surface area contributed by atoms with Crippen molar-refractivity contribution in [2.24, 2.45) is 10.5 Å². The van der Waals surface area contributed by atoms with Gasteiger partial charge in [-0.2, -0.15) is 27.1 Å². The second kappa shape index (κ2) is 4.24. The Bertz CT molecular complexity index is 331. The van der Waals surface area contributed by atoms with Gasteiger partial charge >= 0.3 is 12.2 Å². The third-order valence-electron chi connectivity index (χ3n) is 2.63. The van der Waals surface area contributed by atoms with Gasteiger partial charge in [0.25, 0.3) is 0 Å². The quantitative estimate of drug-likeness (QED) is 0.568. The molecule has 1 aliphatic rings. The molecule has 0 saturated heterocycles. The summed E-state index contributed by atoms with van der Waals surface area (Å²) in [6, 6.07) is -4.93. The van der Waals surface area contributed by atoms with Gasteiger partial charge in [-0.25, -0.2) is 0 Å². The zero-order valence-corrected chi connectivity index (χ0v) is 10.6. The summed E-state index contributed by atoms with van der Waals surface area (Å²) in [5, 5.41) is 4.84. The van der Waals surface area contributed by atoms with Gasteiger partial charge in [0.2, 0.25) is 0 Å². The zero-order valence-electron chi connectivity index (χ0n) is 10.6. The molecule has 18 heavy (non-hydrogen) atoms. The molecule has 0 aromatic heterocycles. The minimum absolute atomic E-state index is 0.0174. The second-order valence-electron chi connectivity index (χ2n) is 5.17. The van der Waals surface area contributed by atoms with Crippen molar-refractivity contribution in [2.75, 3.05) is 6.54 Å². The number of halogens is 5. The molecule has 0 amide bonds. The number of alkyl halides is 5. The highest BCUT2D eigenvalue weighted by Crippen LogP contribution is 2.43. The van der Waals surface area contributed by atoms with E-state index in [9.17, 15) is 22.0 Å². The fraction of sp³-hybridized carbons (Fsp3) is 0.900. The maximum Gasteiger partial charge on any atom is 0.475 e. The largest absolute Gasteiger partial charge is 0.475 e. The summed E-state index contributed by atoms with van der Waals surface area (Å²) in [7, 11) is 0. The van der Waals surface area contributed by atoms with Crippen LogP contribution in [0.15, 0.2) is 5.10 Å². The van der Waals surface area contributed by atoms with Crippen LogP contribution in [0.4, 0.5) is 22.0 Å². The van der Waals surface area contributed by atoms with Crippen LogP contribution >= 0.6 is 0 Å². The Morgan fingerprint density at radius 3 is 1.94 bits per heavy atom. The molecule has 0 aliphatic carbocycles. The molecule has 0 aromatic rings. The zero-order chi connectivity index (χ0) is 14.4. The smallest absolute Gasteiger partial charge is 0.273 e. The Balaban J connectivity index is 3.13. The molecule has 106 valence electrons. The van der Waals surface area contributed by atoms with Crippen LogP contribution in [0.1, 0.15) is 27.7 Å². The molecule has 0 spiro atoms. The van der Waals surface area contributed by atoms with E-state index in [0.29, 0.717) is 6.34 Å². The molecular formula is C10H16F5N3. The van der Waals surface area contributed by atoms with Crippen molar-refractivity contribution >= 4 is 6.34 Å². The van der Waals surface area contributed by atoms with Gasteiger partial charge in [-0.05, 0) is 6.92 Å². The van der Waals surface area contributed by atoms with Crippen LogP contribution in [-0.2, 0) is 0 Å². The molecule has 0 radical (unpaired) electrons. The molecule has 0 N–H and O–H groups in total. The van der Waals surface area contributed by atoms with Gasteiger partial charge < -0.3 is 0 Å². The summed E-state index contributed by atoms with van der Waals surface area (Å²) < 4.78 is 64.0. The van der Waals surface area contributed by atoms with E-state index >= 15 is 0 Å². The first-order valence-electron chi connectivity index (χ1n) is 5.46. The SMILES string of the molecule is CCN1N=CN(C(F)(F)C(F)(F)F)C1C(C)(C)C. The van der Waals surface area contributed by atoms with E-state index in [2.05, 4.69) is 5.10 Å². The van der Waals surface area contributed by atoms with Crippen LogP contribution in [0.2, 0.25) is 0 Å². The first-order chi connectivity index (χ1) is 7.93. The highest BCUT2D eigenvalue weighted by Gasteiger charge is 2.65. The van der Waals surface area contributed by atoms with Crippen LogP contribution in [0.25, 0.3) is 0 Å². The van der Waals surface area contributed by atoms with Crippen LogP contribution < -0.4 is 0 Å². The van der Waals surface area contributed by atoms with Gasteiger partial charge in [0.1, 0.15) is 12.5 Å². The van der Waals surface area contributed by atoms with E-state index < -0.39 is 23.8 Å². The third-order valence-corrected chi connectivity index (χ3v) is 2.63. The Labute approximate surface area is 102 Å². The lowest BCUT2D eigenvalue weighted by Gasteiger charge is -2.42. The first kappa shape index (κ1) is 15.0. The second-order valence-corrected chi connectivity index (χ2v) is 5.17. The molecule has 0 saturated carbocycles. The number of hydrogen-bond acceptors (Lipinski definition) is 3. The Morgan fingerprint density at radius 1 is 1.11 bits per heavy atom. The average Bonchev–Trinajstić information content (AvgIpc) is 2.58. The molecule has 1 unspecified atom stereocenters. The van der Waals surface area contributed by atoms with Crippen LogP contribution in [0, 0.1) is 5.41 Å². The normalized spacial score (nSPS) is 21.9. The molecule has 0 fully saturated rings. The maximum atomic E-state index is 13.4. The van der Waals surface area contributed by atoms with Crippen molar-refractivity contribution in [3.63, 3.8) is 0 Å². The van der Waals surface area contributed by atoms with Gasteiger partial charge in [0, 0.05) is 12.0 Å². The van der Waals surface area contributed by atoms with Gasteiger partial charge in [0.15, 0.2) is 0 Å². The lowest BCUT2D eigenvalue weighted by molar-refractivity contribution is -0.338. The summed E-state index contributed by atoms with van der Waals surface area (Å²) in [4.78, 5) is -0.0174. The molecule has 3 nitrogen and oxygen atoms in total. The molecule has 1 aliphatic heterocycles. The van der Waals surface area contributed by atoms with E-state index in [1.54, 1.807) is 27.7 Å². The van der Waals surface area contributed by atoms with Crippen molar-refractivity contribution in [1.82, 2.24) is 9.91 Å². The van der Waals surface area contributed by atoms with Gasteiger partial charge in [-0.3, -0.25) is 9.91 Å². The Hall–Kier alpha value is -1.08. The predicted molar refractivity (Wildman–Crippen MR) is 57.0 cm³/mol. The van der Waals surface area contributed by atoms with Crippen LogP contribution in [0.3, 0.4) is 0 Å². The van der Waals surface area contributed by atoms with Gasteiger partial charge in [-0.1, -0.05) is 20.8 Å². The Kier molecular flexibility index (Phi) is 3.53. The summed E-state index contributed by atoms with van der Waals surface area (Å²) in [5.74, 6) is 0. The summed E-state index contributed by atoms with van der Waals surface area (Å²) in [6.07, 6.45) is -6.21. The lowest BCUT2D eigenvalue weighted by Crippen LogP contribution is -2.60. The van der Waals surface area contributed by atoms with Gasteiger partial charge in [-0.15, -0.1) is 0 Å². The topological polar surface area (TPSA) is 18.8 Å². The first-order valence-corrected chi connectivity index (χ1v) is 5.46. The van der Waals surface area contributed by atoms with E-state index in [1.165, 1.54) is 5.01 Å². The summed E-state index contributed by atoms with van der Waals surface area (Å²) in [6.45, 7) is 6.67. The summed E-state index contributed by atoms with van der Waals surface area (Å²) in [5.41, 5.74) is -0.804. The molecule has 1 atom stereocenters. The van der Waals surface area contributed by atoms with Crippen molar-refractivity contribution < 1.29 is 22.0 Å². The number of rotatable bonds is 2. The standard InChI is InChI=1S/C10H16F5N3/c1-5-18-7(8(2,3)4)17(6-16-18)10(14,15)9(11,12)13/h6-7H,5H2,1-4H3. The van der Waals surface area contributed by atoms with Crippen molar-refractivity contribution in [3.8, 4) is 0 Å². The minimum atomic E-state index is -5.63. The highest BCUT2D eigenvalue weighted by molar-refractivity contribution is 5.58. The minimum Gasteiger partial charge on any atom is -0.273 e. The fourth-order valence-electron chi connectivity index (χ4n) is 1.88. The average molecular weight is 273 g/mol. The monoisotopic (exact) mass is 273 g/mol. The fourth-order valence-corrected chi connectivity index (χ4v) is 1.88. The molecular weight excluding hydrogens is 257 g/mol. The molecule has 0 bridgehead atoms. The molecule has 0 aromatic carbocycles. The maximum absolute atomic E-state index is 13.4. The third kappa shape index (κ3) is 2.37. The van der Waals surface area contributed by atoms with Crippen molar-refractivity contribution in [1.29, 1.82) is 0 Å². The lowest BCUT2D eigenvalue weighted by atomic mass is 9.91. The van der Waals surface area contributed by atoms with Crippen molar-refractivity contribution in [3.05, 3.63) is 0 Å². The number of hydrogen-bond donors (Lipinski definition) is 0. The highest BCUT2D eigenvalue weighted by atomic mass is 19.4. The summed E-state index contributed by atoms with van der Waals surface area (Å²) >= 11 is 0. The van der Waals surface area contributed by atoms with Crippen LogP contribution in [-0.4, -0.2) is 41.2 Å². The predicted octanol–water partition coefficient (Wildman–Crippen LogP) is 3.09. The Morgan fingerprint density at radius 2 is 1.61 bits per heavy atom. The van der Waals surface area contributed by atoms with E-state index in [1.807, 2.05) is 0 Å².